The highest BCUT2D eigenvalue weighted by Gasteiger charge is 2.20. The summed E-state index contributed by atoms with van der Waals surface area (Å²) in [5.41, 5.74) is 2.15. The second-order valence-electron chi connectivity index (χ2n) is 6.46. The molecule has 0 spiro atoms. The van der Waals surface area contributed by atoms with Gasteiger partial charge in [0, 0.05) is 24.7 Å². The molecule has 0 N–H and O–H groups in total. The smallest absolute Gasteiger partial charge is 0.255 e. The number of amides is 1. The van der Waals surface area contributed by atoms with Crippen molar-refractivity contribution < 1.29 is 9.18 Å². The Morgan fingerprint density at radius 2 is 1.84 bits per heavy atom. The van der Waals surface area contributed by atoms with Crippen LogP contribution in [0.2, 0.25) is 0 Å². The molecule has 25 heavy (non-hydrogen) atoms. The van der Waals surface area contributed by atoms with Crippen molar-refractivity contribution in [3.63, 3.8) is 0 Å². The maximum atomic E-state index is 13.1. The zero-order valence-corrected chi connectivity index (χ0v) is 14.8. The van der Waals surface area contributed by atoms with Gasteiger partial charge in [-0.2, -0.15) is 5.10 Å². The van der Waals surface area contributed by atoms with Crippen LogP contribution in [0.15, 0.2) is 42.7 Å². The van der Waals surface area contributed by atoms with E-state index in [1.807, 2.05) is 31.5 Å². The number of rotatable bonds is 4. The van der Waals surface area contributed by atoms with Gasteiger partial charge in [-0.25, -0.2) is 14.1 Å². The van der Waals surface area contributed by atoms with Gasteiger partial charge < -0.3 is 4.90 Å². The van der Waals surface area contributed by atoms with Crippen LogP contribution in [0.4, 0.5) is 4.39 Å². The Bertz CT molecular complexity index is 901. The summed E-state index contributed by atoms with van der Waals surface area (Å²) in [7, 11) is 1.73. The van der Waals surface area contributed by atoms with Crippen molar-refractivity contribution in [1.82, 2.24) is 19.7 Å². The molecule has 0 saturated heterocycles. The molecule has 0 bridgehead atoms. The van der Waals surface area contributed by atoms with Crippen LogP contribution in [0.3, 0.4) is 0 Å². The number of benzene rings is 1. The van der Waals surface area contributed by atoms with E-state index in [2.05, 4.69) is 10.1 Å². The van der Waals surface area contributed by atoms with Gasteiger partial charge >= 0.3 is 0 Å². The van der Waals surface area contributed by atoms with E-state index in [0.29, 0.717) is 5.56 Å². The second kappa shape index (κ2) is 6.63. The summed E-state index contributed by atoms with van der Waals surface area (Å²) in [6.07, 6.45) is 3.31. The minimum Gasteiger partial charge on any atom is -0.335 e. The van der Waals surface area contributed by atoms with E-state index in [-0.39, 0.29) is 23.8 Å². The molecule has 0 aliphatic heterocycles. The topological polar surface area (TPSA) is 51.0 Å². The van der Waals surface area contributed by atoms with Gasteiger partial charge in [0.05, 0.1) is 17.8 Å². The zero-order chi connectivity index (χ0) is 18.1. The Hall–Kier alpha value is -2.76. The monoisotopic (exact) mass is 340 g/mol. The first kappa shape index (κ1) is 17.1. The van der Waals surface area contributed by atoms with Crippen molar-refractivity contribution in [2.45, 2.75) is 32.9 Å². The number of hydrogen-bond donors (Lipinski definition) is 0. The first-order valence-corrected chi connectivity index (χ1v) is 8.24. The molecule has 0 aliphatic carbocycles. The highest BCUT2D eigenvalue weighted by Crippen LogP contribution is 2.22. The van der Waals surface area contributed by atoms with Crippen molar-refractivity contribution in [1.29, 1.82) is 0 Å². The molecule has 0 saturated carbocycles. The van der Waals surface area contributed by atoms with Crippen LogP contribution in [-0.2, 0) is 0 Å². The van der Waals surface area contributed by atoms with Crippen LogP contribution in [-0.4, -0.2) is 32.6 Å². The summed E-state index contributed by atoms with van der Waals surface area (Å²) < 4.78 is 14.9. The normalized spacial score (nSPS) is 12.6. The van der Waals surface area contributed by atoms with Crippen LogP contribution < -0.4 is 0 Å². The van der Waals surface area contributed by atoms with Crippen LogP contribution in [0.5, 0.6) is 0 Å². The molecule has 130 valence electrons. The van der Waals surface area contributed by atoms with Crippen LogP contribution in [0, 0.1) is 5.82 Å². The summed E-state index contributed by atoms with van der Waals surface area (Å²) in [4.78, 5) is 18.8. The first-order chi connectivity index (χ1) is 11.9. The predicted molar refractivity (Wildman–Crippen MR) is 94.8 cm³/mol. The SMILES string of the molecule is CC(C)n1ncc2cc(C(=O)N(C)[C@@H](C)c3ccc(F)cc3)cnc21. The third-order valence-corrected chi connectivity index (χ3v) is 4.42. The molecular weight excluding hydrogens is 319 g/mol. The molecule has 3 rings (SSSR count). The highest BCUT2D eigenvalue weighted by molar-refractivity contribution is 5.96. The Morgan fingerprint density at radius 3 is 2.48 bits per heavy atom. The van der Waals surface area contributed by atoms with Crippen LogP contribution >= 0.6 is 0 Å². The molecule has 5 nitrogen and oxygen atoms in total. The summed E-state index contributed by atoms with van der Waals surface area (Å²) in [5.74, 6) is -0.426. The molecule has 1 atom stereocenters. The fourth-order valence-electron chi connectivity index (χ4n) is 2.78. The average molecular weight is 340 g/mol. The van der Waals surface area contributed by atoms with Gasteiger partial charge in [0.15, 0.2) is 5.65 Å². The van der Waals surface area contributed by atoms with Crippen molar-refractivity contribution in [3.8, 4) is 0 Å². The lowest BCUT2D eigenvalue weighted by molar-refractivity contribution is 0.0742. The maximum Gasteiger partial charge on any atom is 0.255 e. The second-order valence-corrected chi connectivity index (χ2v) is 6.46. The number of hydrogen-bond acceptors (Lipinski definition) is 3. The largest absolute Gasteiger partial charge is 0.335 e. The van der Waals surface area contributed by atoms with Crippen molar-refractivity contribution in [2.24, 2.45) is 0 Å². The van der Waals surface area contributed by atoms with Gasteiger partial charge in [0.25, 0.3) is 5.91 Å². The summed E-state index contributed by atoms with van der Waals surface area (Å²) in [6, 6.07) is 8.02. The molecule has 1 amide bonds. The molecule has 1 aromatic carbocycles. The molecule has 0 unspecified atom stereocenters. The van der Waals surface area contributed by atoms with Gasteiger partial charge in [-0.1, -0.05) is 12.1 Å². The lowest BCUT2D eigenvalue weighted by atomic mass is 10.1. The van der Waals surface area contributed by atoms with E-state index in [0.717, 1.165) is 16.6 Å². The van der Waals surface area contributed by atoms with Gasteiger partial charge in [0.1, 0.15) is 5.82 Å². The van der Waals surface area contributed by atoms with E-state index in [9.17, 15) is 9.18 Å². The number of carbonyl (C=O) groups excluding carboxylic acids is 1. The molecule has 6 heteroatoms. The standard InChI is InChI=1S/C19H21FN4O/c1-12(2)24-18-15(11-22-24)9-16(10-21-18)19(25)23(4)13(3)14-5-7-17(20)8-6-14/h5-13H,1-4H3/t13-/m0/s1. The Kier molecular flexibility index (Phi) is 4.53. The summed E-state index contributed by atoms with van der Waals surface area (Å²) >= 11 is 0. The van der Waals surface area contributed by atoms with Gasteiger partial charge in [-0.05, 0) is 44.5 Å². The minimum atomic E-state index is -0.290. The van der Waals surface area contributed by atoms with Crippen LogP contribution in [0.1, 0.15) is 48.8 Å². The van der Waals surface area contributed by atoms with Crippen molar-refractivity contribution >= 4 is 16.9 Å². The van der Waals surface area contributed by atoms with E-state index < -0.39 is 0 Å². The number of pyridine rings is 1. The van der Waals surface area contributed by atoms with Crippen molar-refractivity contribution in [2.75, 3.05) is 7.05 Å². The lowest BCUT2D eigenvalue weighted by Gasteiger charge is -2.25. The Morgan fingerprint density at radius 1 is 1.16 bits per heavy atom. The number of fused-ring (bicyclic) bond motifs is 1. The quantitative estimate of drug-likeness (QED) is 0.722. The fourth-order valence-corrected chi connectivity index (χ4v) is 2.78. The minimum absolute atomic E-state index is 0.136. The van der Waals surface area contributed by atoms with E-state index in [1.165, 1.54) is 12.1 Å². The lowest BCUT2D eigenvalue weighted by Crippen LogP contribution is -2.29. The van der Waals surface area contributed by atoms with E-state index >= 15 is 0 Å². The molecule has 0 radical (unpaired) electrons. The number of aromatic nitrogens is 3. The predicted octanol–water partition coefficient (Wildman–Crippen LogP) is 3.98. The molecule has 0 fully saturated rings. The van der Waals surface area contributed by atoms with Crippen molar-refractivity contribution in [3.05, 3.63) is 59.7 Å². The van der Waals surface area contributed by atoms with E-state index in [4.69, 9.17) is 0 Å². The molecule has 0 aliphatic rings. The number of halogens is 1. The first-order valence-electron chi connectivity index (χ1n) is 8.24. The Labute approximate surface area is 146 Å². The number of nitrogens with zero attached hydrogens (tertiary/aromatic N) is 4. The molecular formula is C19H21FN4O. The van der Waals surface area contributed by atoms with Crippen LogP contribution in [0.25, 0.3) is 11.0 Å². The number of carbonyl (C=O) groups is 1. The zero-order valence-electron chi connectivity index (χ0n) is 14.8. The Balaban J connectivity index is 1.86. The average Bonchev–Trinajstić information content (AvgIpc) is 3.04. The van der Waals surface area contributed by atoms with Gasteiger partial charge in [-0.15, -0.1) is 0 Å². The third-order valence-electron chi connectivity index (χ3n) is 4.42. The fraction of sp³-hybridized carbons (Fsp3) is 0.316. The summed E-state index contributed by atoms with van der Waals surface area (Å²) in [6.45, 7) is 5.98. The highest BCUT2D eigenvalue weighted by atomic mass is 19.1. The molecule has 2 heterocycles. The summed E-state index contributed by atoms with van der Waals surface area (Å²) in [5, 5.41) is 5.16. The van der Waals surface area contributed by atoms with Gasteiger partial charge in [-0.3, -0.25) is 4.79 Å². The van der Waals surface area contributed by atoms with E-state index in [1.54, 1.807) is 36.5 Å². The molecule has 2 aromatic heterocycles. The maximum absolute atomic E-state index is 13.1. The third kappa shape index (κ3) is 3.24. The molecule has 3 aromatic rings. The van der Waals surface area contributed by atoms with Gasteiger partial charge in [0.2, 0.25) is 0 Å².